The smallest absolute Gasteiger partial charge is 0.345 e. The fourth-order valence-electron chi connectivity index (χ4n) is 1.59. The maximum atomic E-state index is 12.0. The van der Waals surface area contributed by atoms with E-state index >= 15 is 0 Å². The van der Waals surface area contributed by atoms with E-state index in [2.05, 4.69) is 4.74 Å². The third-order valence-corrected chi connectivity index (χ3v) is 2.36. The SMILES string of the molecule is COC(=O)c1c(C)oc2ccccc2c1=O. The molecule has 1 aromatic carbocycles. The Labute approximate surface area is 91.4 Å². The van der Waals surface area contributed by atoms with E-state index in [0.717, 1.165) is 0 Å². The Morgan fingerprint density at radius 1 is 1.31 bits per heavy atom. The summed E-state index contributed by atoms with van der Waals surface area (Å²) in [5.41, 5.74) is 0.0741. The second-order valence-corrected chi connectivity index (χ2v) is 3.35. The molecule has 0 radical (unpaired) electrons. The van der Waals surface area contributed by atoms with Gasteiger partial charge in [-0.3, -0.25) is 4.79 Å². The van der Waals surface area contributed by atoms with Crippen molar-refractivity contribution in [3.8, 4) is 0 Å². The van der Waals surface area contributed by atoms with Crippen LogP contribution in [0.2, 0.25) is 0 Å². The van der Waals surface area contributed by atoms with Crippen molar-refractivity contribution in [1.82, 2.24) is 0 Å². The monoisotopic (exact) mass is 218 g/mol. The molecule has 0 N–H and O–H groups in total. The lowest BCUT2D eigenvalue weighted by Gasteiger charge is -2.04. The molecule has 0 aliphatic heterocycles. The molecule has 0 fully saturated rings. The maximum absolute atomic E-state index is 12.0. The van der Waals surface area contributed by atoms with Gasteiger partial charge in [-0.05, 0) is 19.1 Å². The van der Waals surface area contributed by atoms with Crippen LogP contribution < -0.4 is 5.43 Å². The van der Waals surface area contributed by atoms with E-state index in [1.165, 1.54) is 7.11 Å². The van der Waals surface area contributed by atoms with Crippen LogP contribution in [0, 0.1) is 6.92 Å². The first kappa shape index (κ1) is 10.4. The third kappa shape index (κ3) is 1.48. The van der Waals surface area contributed by atoms with E-state index in [4.69, 9.17) is 4.42 Å². The molecule has 0 atom stereocenters. The van der Waals surface area contributed by atoms with Gasteiger partial charge in [0.2, 0.25) is 5.43 Å². The van der Waals surface area contributed by atoms with E-state index in [9.17, 15) is 9.59 Å². The summed E-state index contributed by atoms with van der Waals surface area (Å²) in [6.07, 6.45) is 0. The summed E-state index contributed by atoms with van der Waals surface area (Å²) < 4.78 is 9.94. The number of hydrogen-bond acceptors (Lipinski definition) is 4. The molecule has 0 saturated heterocycles. The van der Waals surface area contributed by atoms with E-state index < -0.39 is 5.97 Å². The summed E-state index contributed by atoms with van der Waals surface area (Å²) in [5, 5.41) is 0.383. The van der Waals surface area contributed by atoms with Crippen LogP contribution in [0.4, 0.5) is 0 Å². The molecule has 4 nitrogen and oxygen atoms in total. The van der Waals surface area contributed by atoms with Crippen molar-refractivity contribution in [3.63, 3.8) is 0 Å². The lowest BCUT2D eigenvalue weighted by Crippen LogP contribution is -2.18. The number of carbonyl (C=O) groups is 1. The van der Waals surface area contributed by atoms with Crippen LogP contribution in [-0.2, 0) is 4.74 Å². The van der Waals surface area contributed by atoms with Crippen LogP contribution in [0.3, 0.4) is 0 Å². The van der Waals surface area contributed by atoms with Crippen molar-refractivity contribution in [2.24, 2.45) is 0 Å². The summed E-state index contributed by atoms with van der Waals surface area (Å²) in [4.78, 5) is 23.4. The normalized spacial score (nSPS) is 10.4. The predicted molar refractivity (Wildman–Crippen MR) is 58.6 cm³/mol. The summed E-state index contributed by atoms with van der Waals surface area (Å²) in [7, 11) is 1.23. The lowest BCUT2D eigenvalue weighted by atomic mass is 10.1. The molecule has 0 saturated carbocycles. The molecule has 2 aromatic rings. The number of benzene rings is 1. The van der Waals surface area contributed by atoms with Gasteiger partial charge in [0.1, 0.15) is 16.9 Å². The highest BCUT2D eigenvalue weighted by Crippen LogP contribution is 2.15. The number of hydrogen-bond donors (Lipinski definition) is 0. The van der Waals surface area contributed by atoms with Gasteiger partial charge in [-0.1, -0.05) is 12.1 Å². The molecular formula is C12H10O4. The molecule has 4 heteroatoms. The highest BCUT2D eigenvalue weighted by atomic mass is 16.5. The van der Waals surface area contributed by atoms with E-state index in [1.54, 1.807) is 31.2 Å². The predicted octanol–water partition coefficient (Wildman–Crippen LogP) is 1.89. The molecule has 82 valence electrons. The summed E-state index contributed by atoms with van der Waals surface area (Å²) in [5.74, 6) is -0.396. The molecule has 1 aromatic heterocycles. The number of para-hydroxylation sites is 1. The minimum absolute atomic E-state index is 0.0406. The molecule has 2 rings (SSSR count). The molecule has 0 bridgehead atoms. The third-order valence-electron chi connectivity index (χ3n) is 2.36. The Balaban J connectivity index is 2.86. The quantitative estimate of drug-likeness (QED) is 0.686. The average Bonchev–Trinajstić information content (AvgIpc) is 2.28. The van der Waals surface area contributed by atoms with Gasteiger partial charge in [0.15, 0.2) is 0 Å². The Kier molecular flexibility index (Phi) is 2.48. The second kappa shape index (κ2) is 3.81. The van der Waals surface area contributed by atoms with Gasteiger partial charge < -0.3 is 9.15 Å². The average molecular weight is 218 g/mol. The minimum atomic E-state index is -0.669. The number of carbonyl (C=O) groups excluding carboxylic acids is 1. The number of aryl methyl sites for hydroxylation is 1. The van der Waals surface area contributed by atoms with Gasteiger partial charge in [0.05, 0.1) is 12.5 Å². The summed E-state index contributed by atoms with van der Waals surface area (Å²) in [6, 6.07) is 6.79. The highest BCUT2D eigenvalue weighted by molar-refractivity contribution is 5.93. The first-order valence-electron chi connectivity index (χ1n) is 4.76. The van der Waals surface area contributed by atoms with E-state index in [0.29, 0.717) is 11.0 Å². The van der Waals surface area contributed by atoms with Crippen molar-refractivity contribution in [2.75, 3.05) is 7.11 Å². The molecule has 0 aliphatic carbocycles. The lowest BCUT2D eigenvalue weighted by molar-refractivity contribution is 0.0595. The first-order valence-corrected chi connectivity index (χ1v) is 4.76. The molecule has 0 unspecified atom stereocenters. The van der Waals surface area contributed by atoms with Crippen LogP contribution in [0.15, 0.2) is 33.5 Å². The minimum Gasteiger partial charge on any atom is -0.465 e. The molecule has 0 spiro atoms. The van der Waals surface area contributed by atoms with Gasteiger partial charge in [0.25, 0.3) is 0 Å². The zero-order valence-corrected chi connectivity index (χ0v) is 8.94. The van der Waals surface area contributed by atoms with Crippen molar-refractivity contribution < 1.29 is 13.9 Å². The standard InChI is InChI=1S/C12H10O4/c1-7-10(12(14)15-2)11(13)8-5-3-4-6-9(8)16-7/h3-6H,1-2H3. The Hall–Kier alpha value is -2.10. The molecule has 0 amide bonds. The van der Waals surface area contributed by atoms with Crippen LogP contribution in [-0.4, -0.2) is 13.1 Å². The Bertz CT molecular complexity index is 610. The molecule has 16 heavy (non-hydrogen) atoms. The highest BCUT2D eigenvalue weighted by Gasteiger charge is 2.18. The zero-order valence-electron chi connectivity index (χ0n) is 8.94. The number of fused-ring (bicyclic) bond motifs is 1. The van der Waals surface area contributed by atoms with E-state index in [-0.39, 0.29) is 16.8 Å². The first-order chi connectivity index (χ1) is 7.65. The van der Waals surface area contributed by atoms with Gasteiger partial charge in [-0.15, -0.1) is 0 Å². The van der Waals surface area contributed by atoms with Crippen LogP contribution in [0.25, 0.3) is 11.0 Å². The second-order valence-electron chi connectivity index (χ2n) is 3.35. The molecule has 0 aliphatic rings. The Morgan fingerprint density at radius 3 is 2.69 bits per heavy atom. The van der Waals surface area contributed by atoms with Gasteiger partial charge in [-0.2, -0.15) is 0 Å². The Morgan fingerprint density at radius 2 is 2.00 bits per heavy atom. The fourth-order valence-corrected chi connectivity index (χ4v) is 1.59. The van der Waals surface area contributed by atoms with Crippen LogP contribution in [0.5, 0.6) is 0 Å². The van der Waals surface area contributed by atoms with Crippen molar-refractivity contribution in [1.29, 1.82) is 0 Å². The summed E-state index contributed by atoms with van der Waals surface area (Å²) >= 11 is 0. The maximum Gasteiger partial charge on any atom is 0.345 e. The van der Waals surface area contributed by atoms with Crippen molar-refractivity contribution in [2.45, 2.75) is 6.92 Å². The molecular weight excluding hydrogens is 208 g/mol. The number of esters is 1. The largest absolute Gasteiger partial charge is 0.465 e. The van der Waals surface area contributed by atoms with E-state index in [1.807, 2.05) is 0 Å². The van der Waals surface area contributed by atoms with Crippen molar-refractivity contribution >= 4 is 16.9 Å². The van der Waals surface area contributed by atoms with Crippen LogP contribution in [0.1, 0.15) is 16.1 Å². The molecule has 1 heterocycles. The van der Waals surface area contributed by atoms with Gasteiger partial charge >= 0.3 is 5.97 Å². The van der Waals surface area contributed by atoms with Gasteiger partial charge in [0, 0.05) is 0 Å². The zero-order chi connectivity index (χ0) is 11.7. The van der Waals surface area contributed by atoms with Crippen LogP contribution >= 0.6 is 0 Å². The number of ether oxygens (including phenoxy) is 1. The fraction of sp³-hybridized carbons (Fsp3) is 0.167. The van der Waals surface area contributed by atoms with Gasteiger partial charge in [-0.25, -0.2) is 4.79 Å². The number of methoxy groups -OCH3 is 1. The number of rotatable bonds is 1. The topological polar surface area (TPSA) is 56.5 Å². The summed E-state index contributed by atoms with van der Waals surface area (Å²) in [6.45, 7) is 1.57. The van der Waals surface area contributed by atoms with Crippen molar-refractivity contribution in [3.05, 3.63) is 45.8 Å².